The highest BCUT2D eigenvalue weighted by atomic mass is 32.2. The van der Waals surface area contributed by atoms with Crippen molar-refractivity contribution in [3.05, 3.63) is 18.0 Å². The molecule has 2 saturated carbocycles. The van der Waals surface area contributed by atoms with E-state index in [9.17, 15) is 8.42 Å². The third-order valence-electron chi connectivity index (χ3n) is 4.47. The first-order chi connectivity index (χ1) is 10.0. The average Bonchev–Trinajstić information content (AvgIpc) is 3.38. The lowest BCUT2D eigenvalue weighted by Gasteiger charge is -2.21. The van der Waals surface area contributed by atoms with Crippen LogP contribution in [-0.2, 0) is 23.1 Å². The lowest BCUT2D eigenvalue weighted by atomic mass is 10.4. The molecule has 0 aromatic carbocycles. The van der Waals surface area contributed by atoms with Gasteiger partial charge >= 0.3 is 0 Å². The van der Waals surface area contributed by atoms with E-state index in [1.807, 2.05) is 11.5 Å². The van der Waals surface area contributed by atoms with Gasteiger partial charge in [-0.05, 0) is 50.5 Å². The van der Waals surface area contributed by atoms with Crippen molar-refractivity contribution in [3.63, 3.8) is 0 Å². The summed E-state index contributed by atoms with van der Waals surface area (Å²) >= 11 is 0. The summed E-state index contributed by atoms with van der Waals surface area (Å²) in [6.07, 6.45) is 6.41. The van der Waals surface area contributed by atoms with Gasteiger partial charge in [0, 0.05) is 38.1 Å². The van der Waals surface area contributed by atoms with E-state index in [0.717, 1.165) is 12.2 Å². The number of aromatic nitrogens is 1. The molecule has 6 heteroatoms. The molecular formula is C15H25N3O2S. The number of aryl methyl sites for hydroxylation is 1. The summed E-state index contributed by atoms with van der Waals surface area (Å²) in [5.41, 5.74) is 6.59. The van der Waals surface area contributed by atoms with E-state index < -0.39 is 10.0 Å². The van der Waals surface area contributed by atoms with Crippen molar-refractivity contribution in [2.24, 2.45) is 17.6 Å². The largest absolute Gasteiger partial charge is 0.349 e. The first-order valence-electron chi connectivity index (χ1n) is 7.93. The Morgan fingerprint density at radius 1 is 1.24 bits per heavy atom. The lowest BCUT2D eigenvalue weighted by Crippen LogP contribution is -2.34. The smallest absolute Gasteiger partial charge is 0.244 e. The molecule has 0 bridgehead atoms. The van der Waals surface area contributed by atoms with E-state index in [2.05, 4.69) is 0 Å². The molecule has 3 rings (SSSR count). The van der Waals surface area contributed by atoms with Crippen LogP contribution in [0.3, 0.4) is 0 Å². The highest BCUT2D eigenvalue weighted by Gasteiger charge is 2.36. The third kappa shape index (κ3) is 3.33. The molecule has 118 valence electrons. The second-order valence-corrected chi connectivity index (χ2v) is 8.30. The maximum atomic E-state index is 12.9. The van der Waals surface area contributed by atoms with Gasteiger partial charge < -0.3 is 10.3 Å². The van der Waals surface area contributed by atoms with Crippen molar-refractivity contribution >= 4 is 10.0 Å². The standard InChI is InChI=1S/C15H25N3O2S/c1-2-17-11-15(7-14(17)8-16)21(19,20)18(9-12-3-4-12)10-13-5-6-13/h7,11-13H,2-6,8-10,16H2,1H3. The Bertz CT molecular complexity index is 565. The molecule has 0 unspecified atom stereocenters. The van der Waals surface area contributed by atoms with Gasteiger partial charge in [-0.25, -0.2) is 8.42 Å². The van der Waals surface area contributed by atoms with E-state index in [0.29, 0.717) is 36.4 Å². The molecule has 1 heterocycles. The summed E-state index contributed by atoms with van der Waals surface area (Å²) in [6.45, 7) is 4.49. The van der Waals surface area contributed by atoms with Crippen molar-refractivity contribution in [2.45, 2.75) is 50.6 Å². The number of nitrogens with zero attached hydrogens (tertiary/aromatic N) is 2. The van der Waals surface area contributed by atoms with Gasteiger partial charge in [-0.3, -0.25) is 0 Å². The summed E-state index contributed by atoms with van der Waals surface area (Å²) in [5, 5.41) is 0. The molecule has 2 N–H and O–H groups in total. The highest BCUT2D eigenvalue weighted by molar-refractivity contribution is 7.89. The first kappa shape index (κ1) is 15.1. The van der Waals surface area contributed by atoms with Crippen LogP contribution in [0, 0.1) is 11.8 Å². The molecule has 2 aliphatic rings. The molecule has 0 radical (unpaired) electrons. The Kier molecular flexibility index (Phi) is 4.12. The first-order valence-corrected chi connectivity index (χ1v) is 9.38. The number of rotatable bonds is 8. The van der Waals surface area contributed by atoms with Crippen LogP contribution in [0.25, 0.3) is 0 Å². The Balaban J connectivity index is 1.85. The van der Waals surface area contributed by atoms with Crippen LogP contribution in [0.5, 0.6) is 0 Å². The number of hydrogen-bond acceptors (Lipinski definition) is 3. The van der Waals surface area contributed by atoms with Crippen LogP contribution in [-0.4, -0.2) is 30.4 Å². The van der Waals surface area contributed by atoms with Gasteiger partial charge in [0.1, 0.15) is 4.90 Å². The minimum absolute atomic E-state index is 0.370. The van der Waals surface area contributed by atoms with Crippen LogP contribution < -0.4 is 5.73 Å². The normalized spacial score (nSPS) is 19.4. The van der Waals surface area contributed by atoms with Crippen LogP contribution in [0.1, 0.15) is 38.3 Å². The molecule has 0 aliphatic heterocycles. The van der Waals surface area contributed by atoms with Gasteiger partial charge in [0.2, 0.25) is 10.0 Å². The summed E-state index contributed by atoms with van der Waals surface area (Å²) in [6, 6.07) is 1.74. The summed E-state index contributed by atoms with van der Waals surface area (Å²) in [4.78, 5) is 0.408. The zero-order chi connectivity index (χ0) is 15.0. The third-order valence-corrected chi connectivity index (χ3v) is 6.26. The van der Waals surface area contributed by atoms with Gasteiger partial charge in [0.15, 0.2) is 0 Å². The fourth-order valence-electron chi connectivity index (χ4n) is 2.73. The van der Waals surface area contributed by atoms with E-state index in [4.69, 9.17) is 5.73 Å². The van der Waals surface area contributed by atoms with Crippen molar-refractivity contribution in [1.29, 1.82) is 0 Å². The number of hydrogen-bond donors (Lipinski definition) is 1. The minimum Gasteiger partial charge on any atom is -0.349 e. The molecule has 0 amide bonds. The van der Waals surface area contributed by atoms with Crippen molar-refractivity contribution in [3.8, 4) is 0 Å². The molecular weight excluding hydrogens is 286 g/mol. The molecule has 2 fully saturated rings. The molecule has 0 saturated heterocycles. The molecule has 0 atom stereocenters. The van der Waals surface area contributed by atoms with Gasteiger partial charge in [-0.2, -0.15) is 4.31 Å². The molecule has 21 heavy (non-hydrogen) atoms. The second-order valence-electron chi connectivity index (χ2n) is 6.37. The van der Waals surface area contributed by atoms with Crippen molar-refractivity contribution < 1.29 is 8.42 Å². The summed E-state index contributed by atoms with van der Waals surface area (Å²) < 4.78 is 29.5. The topological polar surface area (TPSA) is 68.3 Å². The van der Waals surface area contributed by atoms with Crippen LogP contribution in [0.15, 0.2) is 17.2 Å². The van der Waals surface area contributed by atoms with Gasteiger partial charge in [-0.1, -0.05) is 0 Å². The fourth-order valence-corrected chi connectivity index (χ4v) is 4.39. The monoisotopic (exact) mass is 311 g/mol. The maximum Gasteiger partial charge on any atom is 0.244 e. The predicted molar refractivity (Wildman–Crippen MR) is 82.2 cm³/mol. The zero-order valence-corrected chi connectivity index (χ0v) is 13.5. The molecule has 2 aliphatic carbocycles. The van der Waals surface area contributed by atoms with Crippen molar-refractivity contribution in [1.82, 2.24) is 8.87 Å². The summed E-state index contributed by atoms with van der Waals surface area (Å²) in [7, 11) is -3.38. The Morgan fingerprint density at radius 2 is 1.81 bits per heavy atom. The van der Waals surface area contributed by atoms with Gasteiger partial charge in [0.05, 0.1) is 0 Å². The molecule has 0 spiro atoms. The quantitative estimate of drug-likeness (QED) is 0.795. The van der Waals surface area contributed by atoms with Crippen LogP contribution in [0.4, 0.5) is 0 Å². The molecule has 1 aromatic rings. The van der Waals surface area contributed by atoms with Gasteiger partial charge in [0.25, 0.3) is 0 Å². The van der Waals surface area contributed by atoms with E-state index in [1.165, 1.54) is 25.7 Å². The Labute approximate surface area is 127 Å². The van der Waals surface area contributed by atoms with Crippen LogP contribution in [0.2, 0.25) is 0 Å². The number of nitrogens with two attached hydrogens (primary N) is 1. The second kappa shape index (κ2) is 5.74. The zero-order valence-electron chi connectivity index (χ0n) is 12.7. The SMILES string of the molecule is CCn1cc(S(=O)(=O)N(CC2CC2)CC2CC2)cc1CN. The lowest BCUT2D eigenvalue weighted by molar-refractivity contribution is 0.382. The molecule has 1 aromatic heterocycles. The fraction of sp³-hybridized carbons (Fsp3) is 0.733. The van der Waals surface area contributed by atoms with Crippen molar-refractivity contribution in [2.75, 3.05) is 13.1 Å². The molecule has 5 nitrogen and oxygen atoms in total. The van der Waals surface area contributed by atoms with E-state index in [1.54, 1.807) is 16.6 Å². The highest BCUT2D eigenvalue weighted by Crippen LogP contribution is 2.36. The predicted octanol–water partition coefficient (Wildman–Crippen LogP) is 1.78. The number of sulfonamides is 1. The minimum atomic E-state index is -3.38. The van der Waals surface area contributed by atoms with E-state index >= 15 is 0 Å². The van der Waals surface area contributed by atoms with Crippen LogP contribution >= 0.6 is 0 Å². The summed E-state index contributed by atoms with van der Waals surface area (Å²) in [5.74, 6) is 1.14. The van der Waals surface area contributed by atoms with E-state index in [-0.39, 0.29) is 0 Å². The van der Waals surface area contributed by atoms with Gasteiger partial charge in [-0.15, -0.1) is 0 Å². The Hall–Kier alpha value is -0.850. The Morgan fingerprint density at radius 3 is 2.19 bits per heavy atom. The average molecular weight is 311 g/mol. The maximum absolute atomic E-state index is 12.9.